The van der Waals surface area contributed by atoms with E-state index in [0.717, 1.165) is 31.2 Å². The van der Waals surface area contributed by atoms with Gasteiger partial charge in [0.25, 0.3) is 0 Å². The molecule has 4 aliphatic heterocycles. The van der Waals surface area contributed by atoms with Crippen LogP contribution < -0.4 is 0 Å². The van der Waals surface area contributed by atoms with E-state index in [1.165, 1.54) is 0 Å². The van der Waals surface area contributed by atoms with Crippen molar-refractivity contribution < 1.29 is 24.2 Å². The van der Waals surface area contributed by atoms with Crippen molar-refractivity contribution in [2.24, 2.45) is 17.3 Å². The number of ether oxygens (including phenoxy) is 1. The van der Waals surface area contributed by atoms with Crippen LogP contribution >= 0.6 is 0 Å². The maximum absolute atomic E-state index is 14.7. The molecule has 1 aromatic rings. The summed E-state index contributed by atoms with van der Waals surface area (Å²) in [6, 6.07) is 9.04. The summed E-state index contributed by atoms with van der Waals surface area (Å²) < 4.78 is 6.82. The summed E-state index contributed by atoms with van der Waals surface area (Å²) in [4.78, 5) is 48.9. The third-order valence-corrected chi connectivity index (χ3v) is 9.46. The van der Waals surface area contributed by atoms with Gasteiger partial charge in [-0.25, -0.2) is 0 Å². The standard InChI is InChI=1S/C35H49N3O5/c1-33(2,3)24-34(4,5)38-21-14-18-35-28(31(41)37(29(35)32(38)42)20-11-6-7-12-22-39)27-26(43-35)17-13-19-36(30(27)40)23-25-15-9-8-10-16-25/h8-10,13-18,26-29,39H,6-7,11-12,19-24H2,1-5H3/t26-,27+,28+,29?,35+/m1/s1. The first-order valence-electron chi connectivity index (χ1n) is 16.0. The van der Waals surface area contributed by atoms with Crippen molar-refractivity contribution in [3.63, 3.8) is 0 Å². The van der Waals surface area contributed by atoms with E-state index >= 15 is 0 Å². The van der Waals surface area contributed by atoms with E-state index in [0.29, 0.717) is 32.6 Å². The lowest BCUT2D eigenvalue weighted by atomic mass is 9.77. The minimum atomic E-state index is -1.21. The lowest BCUT2D eigenvalue weighted by Gasteiger charge is -2.44. The van der Waals surface area contributed by atoms with E-state index in [4.69, 9.17) is 4.74 Å². The van der Waals surface area contributed by atoms with Gasteiger partial charge in [-0.1, -0.05) is 88.2 Å². The average Bonchev–Trinajstić information content (AvgIpc) is 3.24. The van der Waals surface area contributed by atoms with Crippen LogP contribution in [0.1, 0.15) is 72.3 Å². The quantitative estimate of drug-likeness (QED) is 0.323. The van der Waals surface area contributed by atoms with E-state index in [-0.39, 0.29) is 29.7 Å². The molecule has 1 N–H and O–H groups in total. The summed E-state index contributed by atoms with van der Waals surface area (Å²) in [7, 11) is 0. The lowest BCUT2D eigenvalue weighted by Crippen LogP contribution is -2.59. The Labute approximate surface area is 256 Å². The molecule has 4 aliphatic rings. The van der Waals surface area contributed by atoms with Gasteiger partial charge in [0.2, 0.25) is 17.7 Å². The Bertz CT molecular complexity index is 1250. The Balaban J connectivity index is 1.51. The topological polar surface area (TPSA) is 90.4 Å². The Morgan fingerprint density at radius 2 is 1.63 bits per heavy atom. The monoisotopic (exact) mass is 591 g/mol. The summed E-state index contributed by atoms with van der Waals surface area (Å²) >= 11 is 0. The SMILES string of the molecule is CC(C)(C)CC(C)(C)N1CC=C[C@]23O[C@@H]4C=CCN(Cc5ccccc5)C(=O)[C@@H]4[C@H]2C(=O)N(CCCCCCO)C3C1=O. The largest absolute Gasteiger partial charge is 0.396 e. The highest BCUT2D eigenvalue weighted by atomic mass is 16.5. The normalized spacial score (nSPS) is 29.1. The van der Waals surface area contributed by atoms with Crippen LogP contribution in [0.5, 0.6) is 0 Å². The van der Waals surface area contributed by atoms with Crippen molar-refractivity contribution in [2.45, 2.75) is 96.6 Å². The van der Waals surface area contributed by atoms with Crippen LogP contribution in [0.4, 0.5) is 0 Å². The molecule has 8 nitrogen and oxygen atoms in total. The number of likely N-dealkylation sites (tertiary alicyclic amines) is 1. The van der Waals surface area contributed by atoms with E-state index < -0.39 is 35.1 Å². The van der Waals surface area contributed by atoms with Crippen molar-refractivity contribution in [1.29, 1.82) is 0 Å². The average molecular weight is 592 g/mol. The molecule has 1 unspecified atom stereocenters. The van der Waals surface area contributed by atoms with Gasteiger partial charge >= 0.3 is 0 Å². The Morgan fingerprint density at radius 3 is 2.33 bits per heavy atom. The highest BCUT2D eigenvalue weighted by Gasteiger charge is 2.72. The van der Waals surface area contributed by atoms with Crippen LogP contribution in [0.2, 0.25) is 0 Å². The smallest absolute Gasteiger partial charge is 0.249 e. The van der Waals surface area contributed by atoms with Crippen LogP contribution in [0.15, 0.2) is 54.6 Å². The minimum Gasteiger partial charge on any atom is -0.396 e. The molecule has 5 atom stereocenters. The second-order valence-corrected chi connectivity index (χ2v) is 14.5. The molecule has 1 aromatic carbocycles. The number of hydrogen-bond donors (Lipinski definition) is 1. The second-order valence-electron chi connectivity index (χ2n) is 14.5. The molecule has 2 saturated heterocycles. The van der Waals surface area contributed by atoms with Gasteiger partial charge in [0.1, 0.15) is 11.6 Å². The van der Waals surface area contributed by atoms with Gasteiger partial charge in [-0.05, 0) is 44.1 Å². The number of benzene rings is 1. The molecule has 0 aromatic heterocycles. The first kappa shape index (κ1) is 31.5. The van der Waals surface area contributed by atoms with Gasteiger partial charge in [0.15, 0.2) is 0 Å². The maximum Gasteiger partial charge on any atom is 0.249 e. The number of amides is 3. The number of carbonyl (C=O) groups is 3. The number of unbranched alkanes of at least 4 members (excludes halogenated alkanes) is 3. The number of fused-ring (bicyclic) bond motifs is 2. The van der Waals surface area contributed by atoms with Gasteiger partial charge in [-0.15, -0.1) is 0 Å². The van der Waals surface area contributed by atoms with Gasteiger partial charge < -0.3 is 24.5 Å². The van der Waals surface area contributed by atoms with E-state index in [1.54, 1.807) is 9.80 Å². The Kier molecular flexibility index (Phi) is 8.92. The molecule has 0 saturated carbocycles. The molecule has 234 valence electrons. The van der Waals surface area contributed by atoms with Crippen LogP contribution in [-0.4, -0.2) is 87.1 Å². The molecule has 0 aliphatic carbocycles. The Hall–Kier alpha value is -2.97. The fourth-order valence-corrected chi connectivity index (χ4v) is 8.06. The predicted molar refractivity (Wildman–Crippen MR) is 166 cm³/mol. The first-order valence-corrected chi connectivity index (χ1v) is 16.0. The zero-order chi connectivity index (χ0) is 31.0. The number of carbonyl (C=O) groups excluding carboxylic acids is 3. The third kappa shape index (κ3) is 6.05. The minimum absolute atomic E-state index is 0.00557. The lowest BCUT2D eigenvalue weighted by molar-refractivity contribution is -0.152. The third-order valence-electron chi connectivity index (χ3n) is 9.46. The van der Waals surface area contributed by atoms with Crippen molar-refractivity contribution in [1.82, 2.24) is 14.7 Å². The molecule has 8 heteroatoms. The van der Waals surface area contributed by atoms with Crippen molar-refractivity contribution in [2.75, 3.05) is 26.2 Å². The summed E-state index contributed by atoms with van der Waals surface area (Å²) in [5.41, 5.74) is -0.645. The van der Waals surface area contributed by atoms with Crippen molar-refractivity contribution >= 4 is 17.7 Å². The molecule has 43 heavy (non-hydrogen) atoms. The van der Waals surface area contributed by atoms with E-state index in [1.807, 2.05) is 59.5 Å². The van der Waals surface area contributed by atoms with Crippen LogP contribution in [-0.2, 0) is 25.7 Å². The summed E-state index contributed by atoms with van der Waals surface area (Å²) in [5.74, 6) is -1.87. The summed E-state index contributed by atoms with van der Waals surface area (Å²) in [6.07, 6.45) is 11.1. The Morgan fingerprint density at radius 1 is 0.907 bits per heavy atom. The molecule has 3 amide bonds. The fourth-order valence-electron chi connectivity index (χ4n) is 8.06. The molecule has 4 heterocycles. The zero-order valence-electron chi connectivity index (χ0n) is 26.5. The molecule has 1 spiro atoms. The molecule has 2 fully saturated rings. The molecule has 0 bridgehead atoms. The predicted octanol–water partition coefficient (Wildman–Crippen LogP) is 4.33. The fraction of sp³-hybridized carbons (Fsp3) is 0.629. The second kappa shape index (κ2) is 12.2. The molecular formula is C35H49N3O5. The molecule has 0 radical (unpaired) electrons. The molecule has 5 rings (SSSR count). The zero-order valence-corrected chi connectivity index (χ0v) is 26.5. The van der Waals surface area contributed by atoms with Crippen LogP contribution in [0, 0.1) is 17.3 Å². The maximum atomic E-state index is 14.7. The number of hydrogen-bond acceptors (Lipinski definition) is 5. The number of aliphatic hydroxyl groups is 1. The van der Waals surface area contributed by atoms with Crippen molar-refractivity contribution in [3.8, 4) is 0 Å². The van der Waals surface area contributed by atoms with Crippen LogP contribution in [0.25, 0.3) is 0 Å². The summed E-state index contributed by atoms with van der Waals surface area (Å²) in [5, 5.41) is 9.23. The highest BCUT2D eigenvalue weighted by molar-refractivity contribution is 6.00. The van der Waals surface area contributed by atoms with Gasteiger partial charge in [-0.2, -0.15) is 0 Å². The van der Waals surface area contributed by atoms with Gasteiger partial charge in [-0.3, -0.25) is 14.4 Å². The number of rotatable bonds is 10. The van der Waals surface area contributed by atoms with E-state index in [2.05, 4.69) is 34.6 Å². The van der Waals surface area contributed by atoms with Crippen LogP contribution in [0.3, 0.4) is 0 Å². The number of aliphatic hydroxyl groups excluding tert-OH is 1. The highest BCUT2D eigenvalue weighted by Crippen LogP contribution is 2.54. The first-order chi connectivity index (χ1) is 20.4. The molecular weight excluding hydrogens is 542 g/mol. The van der Waals surface area contributed by atoms with Crippen molar-refractivity contribution in [3.05, 3.63) is 60.2 Å². The van der Waals surface area contributed by atoms with Gasteiger partial charge in [0.05, 0.1) is 17.9 Å². The summed E-state index contributed by atoms with van der Waals surface area (Å²) in [6.45, 7) is 12.6. The number of nitrogens with zero attached hydrogens (tertiary/aromatic N) is 3. The van der Waals surface area contributed by atoms with E-state index in [9.17, 15) is 19.5 Å². The van der Waals surface area contributed by atoms with Gasteiger partial charge in [0, 0.05) is 38.3 Å².